The molecule has 0 amide bonds. The molecule has 2 heteroatoms. The smallest absolute Gasteiger partial charge is 0.0697 e. The van der Waals surface area contributed by atoms with E-state index in [0.29, 0.717) is 0 Å². The Labute approximate surface area is 141 Å². The molecule has 0 atom stereocenters. The lowest BCUT2D eigenvalue weighted by Crippen LogP contribution is -2.11. The first kappa shape index (κ1) is 14.3. The molecular weight excluding hydrogens is 292 g/mol. The highest BCUT2D eigenvalue weighted by Crippen LogP contribution is 2.39. The molecule has 0 aromatic heterocycles. The first-order valence-corrected chi connectivity index (χ1v) is 8.01. The highest BCUT2D eigenvalue weighted by atomic mass is 15.1. The Morgan fingerprint density at radius 2 is 1.00 bits per heavy atom. The first-order chi connectivity index (χ1) is 11.8. The maximum absolute atomic E-state index is 6.42. The Bertz CT molecular complexity index is 923. The molecule has 4 rings (SSSR count). The van der Waals surface area contributed by atoms with Gasteiger partial charge in [-0.1, -0.05) is 60.7 Å². The van der Waals surface area contributed by atoms with Gasteiger partial charge >= 0.3 is 0 Å². The second kappa shape index (κ2) is 6.09. The Morgan fingerprint density at radius 1 is 0.542 bits per heavy atom. The van der Waals surface area contributed by atoms with Gasteiger partial charge < -0.3 is 10.6 Å². The van der Waals surface area contributed by atoms with Crippen LogP contribution in [0.25, 0.3) is 10.8 Å². The summed E-state index contributed by atoms with van der Waals surface area (Å²) in [7, 11) is 0. The average Bonchev–Trinajstić information content (AvgIpc) is 2.64. The Kier molecular flexibility index (Phi) is 3.64. The predicted octanol–water partition coefficient (Wildman–Crippen LogP) is 5.89. The molecule has 116 valence electrons. The van der Waals surface area contributed by atoms with Crippen LogP contribution in [0.2, 0.25) is 0 Å². The van der Waals surface area contributed by atoms with Gasteiger partial charge in [0, 0.05) is 11.4 Å². The second-order valence-corrected chi connectivity index (χ2v) is 5.76. The highest BCUT2D eigenvalue weighted by Gasteiger charge is 2.15. The van der Waals surface area contributed by atoms with Gasteiger partial charge in [-0.25, -0.2) is 0 Å². The quantitative estimate of drug-likeness (QED) is 0.478. The molecule has 2 N–H and O–H groups in total. The third-order valence-electron chi connectivity index (χ3n) is 4.16. The van der Waals surface area contributed by atoms with Crippen molar-refractivity contribution in [2.45, 2.75) is 0 Å². The van der Waals surface area contributed by atoms with Gasteiger partial charge in [0.2, 0.25) is 0 Å². The van der Waals surface area contributed by atoms with E-state index in [9.17, 15) is 0 Å². The van der Waals surface area contributed by atoms with Crippen LogP contribution in [0.15, 0.2) is 97.1 Å². The van der Waals surface area contributed by atoms with E-state index >= 15 is 0 Å². The van der Waals surface area contributed by atoms with Crippen molar-refractivity contribution in [3.63, 3.8) is 0 Å². The Hall–Kier alpha value is -3.26. The molecule has 4 aromatic rings. The number of para-hydroxylation sites is 2. The second-order valence-electron chi connectivity index (χ2n) is 5.76. The number of hydrogen-bond donors (Lipinski definition) is 1. The largest absolute Gasteiger partial charge is 0.397 e. The summed E-state index contributed by atoms with van der Waals surface area (Å²) in [6.45, 7) is 0. The van der Waals surface area contributed by atoms with Crippen molar-refractivity contribution < 1.29 is 0 Å². The van der Waals surface area contributed by atoms with E-state index in [0.717, 1.165) is 28.1 Å². The van der Waals surface area contributed by atoms with E-state index in [1.165, 1.54) is 5.39 Å². The van der Waals surface area contributed by atoms with E-state index in [-0.39, 0.29) is 0 Å². The van der Waals surface area contributed by atoms with Crippen molar-refractivity contribution in [2.75, 3.05) is 10.6 Å². The standard InChI is InChI=1S/C22H18N2/c23-21-15-17-9-7-8-10-18(17)16-22(21)24(19-11-3-1-4-12-19)20-13-5-2-6-14-20/h1-16H,23H2. The van der Waals surface area contributed by atoms with Crippen molar-refractivity contribution in [1.29, 1.82) is 0 Å². The number of hydrogen-bond acceptors (Lipinski definition) is 2. The number of rotatable bonds is 3. The summed E-state index contributed by atoms with van der Waals surface area (Å²) in [5, 5.41) is 2.33. The van der Waals surface area contributed by atoms with E-state index in [1.54, 1.807) is 0 Å². The molecule has 0 spiro atoms. The van der Waals surface area contributed by atoms with Gasteiger partial charge in [-0.05, 0) is 47.2 Å². The molecule has 24 heavy (non-hydrogen) atoms. The minimum absolute atomic E-state index is 0.765. The van der Waals surface area contributed by atoms with Crippen LogP contribution in [0, 0.1) is 0 Å². The van der Waals surface area contributed by atoms with E-state index in [4.69, 9.17) is 5.73 Å². The van der Waals surface area contributed by atoms with Crippen LogP contribution < -0.4 is 10.6 Å². The summed E-state index contributed by atoms with van der Waals surface area (Å²) < 4.78 is 0. The van der Waals surface area contributed by atoms with Crippen molar-refractivity contribution in [2.24, 2.45) is 0 Å². The fraction of sp³-hybridized carbons (Fsp3) is 0. The summed E-state index contributed by atoms with van der Waals surface area (Å²) in [5.41, 5.74) is 10.4. The predicted molar refractivity (Wildman–Crippen MR) is 103 cm³/mol. The molecule has 4 aromatic carbocycles. The maximum atomic E-state index is 6.42. The number of fused-ring (bicyclic) bond motifs is 1. The molecule has 0 unspecified atom stereocenters. The Balaban J connectivity index is 1.96. The van der Waals surface area contributed by atoms with Gasteiger partial charge in [0.25, 0.3) is 0 Å². The van der Waals surface area contributed by atoms with Crippen LogP contribution in [0.4, 0.5) is 22.7 Å². The third-order valence-corrected chi connectivity index (χ3v) is 4.16. The summed E-state index contributed by atoms with van der Waals surface area (Å²) in [6, 6.07) is 33.1. The molecule has 0 bridgehead atoms. The molecule has 0 radical (unpaired) electrons. The van der Waals surface area contributed by atoms with E-state index in [2.05, 4.69) is 53.4 Å². The molecule has 0 aliphatic heterocycles. The van der Waals surface area contributed by atoms with Crippen molar-refractivity contribution in [3.8, 4) is 0 Å². The van der Waals surface area contributed by atoms with Crippen LogP contribution >= 0.6 is 0 Å². The van der Waals surface area contributed by atoms with Gasteiger partial charge in [-0.3, -0.25) is 0 Å². The number of nitrogens with two attached hydrogens (primary N) is 1. The van der Waals surface area contributed by atoms with Crippen molar-refractivity contribution in [3.05, 3.63) is 97.1 Å². The van der Waals surface area contributed by atoms with Crippen LogP contribution in [0.1, 0.15) is 0 Å². The number of anilines is 4. The first-order valence-electron chi connectivity index (χ1n) is 8.01. The molecule has 0 saturated carbocycles. The van der Waals surface area contributed by atoms with Gasteiger partial charge in [-0.15, -0.1) is 0 Å². The fourth-order valence-electron chi connectivity index (χ4n) is 3.02. The summed E-state index contributed by atoms with van der Waals surface area (Å²) >= 11 is 0. The number of nitrogens with zero attached hydrogens (tertiary/aromatic N) is 1. The van der Waals surface area contributed by atoms with Crippen LogP contribution in [-0.4, -0.2) is 0 Å². The molecule has 2 nitrogen and oxygen atoms in total. The molecule has 0 saturated heterocycles. The van der Waals surface area contributed by atoms with Crippen LogP contribution in [0.3, 0.4) is 0 Å². The van der Waals surface area contributed by atoms with Crippen molar-refractivity contribution >= 4 is 33.5 Å². The van der Waals surface area contributed by atoms with E-state index in [1.807, 2.05) is 48.5 Å². The molecule has 0 fully saturated rings. The highest BCUT2D eigenvalue weighted by molar-refractivity contribution is 5.95. The van der Waals surface area contributed by atoms with Crippen LogP contribution in [-0.2, 0) is 0 Å². The van der Waals surface area contributed by atoms with E-state index < -0.39 is 0 Å². The lowest BCUT2D eigenvalue weighted by molar-refractivity contribution is 1.29. The lowest BCUT2D eigenvalue weighted by atomic mass is 10.1. The molecule has 0 aliphatic rings. The zero-order valence-electron chi connectivity index (χ0n) is 13.3. The molecule has 0 heterocycles. The maximum Gasteiger partial charge on any atom is 0.0697 e. The number of nitrogen functional groups attached to an aromatic ring is 1. The SMILES string of the molecule is Nc1cc2ccccc2cc1N(c1ccccc1)c1ccccc1. The van der Waals surface area contributed by atoms with Crippen molar-refractivity contribution in [1.82, 2.24) is 0 Å². The topological polar surface area (TPSA) is 29.3 Å². The minimum atomic E-state index is 0.765. The normalized spacial score (nSPS) is 10.7. The Morgan fingerprint density at radius 3 is 1.54 bits per heavy atom. The van der Waals surface area contributed by atoms with Gasteiger partial charge in [0.05, 0.1) is 11.4 Å². The zero-order valence-corrected chi connectivity index (χ0v) is 13.3. The molecular formula is C22H18N2. The van der Waals surface area contributed by atoms with Gasteiger partial charge in [0.15, 0.2) is 0 Å². The third kappa shape index (κ3) is 2.59. The van der Waals surface area contributed by atoms with Gasteiger partial charge in [-0.2, -0.15) is 0 Å². The zero-order chi connectivity index (χ0) is 16.4. The molecule has 0 aliphatic carbocycles. The summed E-state index contributed by atoms with van der Waals surface area (Å²) in [5.74, 6) is 0. The lowest BCUT2D eigenvalue weighted by Gasteiger charge is -2.27. The average molecular weight is 310 g/mol. The fourth-order valence-corrected chi connectivity index (χ4v) is 3.02. The number of benzene rings is 4. The van der Waals surface area contributed by atoms with Gasteiger partial charge in [0.1, 0.15) is 0 Å². The van der Waals surface area contributed by atoms with Crippen LogP contribution in [0.5, 0.6) is 0 Å². The minimum Gasteiger partial charge on any atom is -0.397 e. The summed E-state index contributed by atoms with van der Waals surface area (Å²) in [4.78, 5) is 2.20. The monoisotopic (exact) mass is 310 g/mol. The summed E-state index contributed by atoms with van der Waals surface area (Å²) in [6.07, 6.45) is 0.